The van der Waals surface area contributed by atoms with Crippen LogP contribution < -0.4 is 0 Å². The lowest BCUT2D eigenvalue weighted by Gasteiger charge is -2.47. The zero-order chi connectivity index (χ0) is 20.7. The number of hydrogen-bond acceptors (Lipinski definition) is 1. The first kappa shape index (κ1) is 20.6. The van der Waals surface area contributed by atoms with Crippen LogP contribution in [0.2, 0.25) is 0 Å². The van der Waals surface area contributed by atoms with Gasteiger partial charge in [0.1, 0.15) is 0 Å². The van der Waals surface area contributed by atoms with Crippen molar-refractivity contribution in [2.45, 2.75) is 60.3 Å². The smallest absolute Gasteiger partial charge is 0.335 e. The van der Waals surface area contributed by atoms with Gasteiger partial charge in [-0.1, -0.05) is 71.9 Å². The van der Waals surface area contributed by atoms with Gasteiger partial charge in [0.2, 0.25) is 0 Å². The molecule has 0 bridgehead atoms. The molecule has 0 aromatic heterocycles. The Hall–Kier alpha value is -2.09. The summed E-state index contributed by atoms with van der Waals surface area (Å²) in [6.07, 6.45) is 9.75. The number of benzene rings is 1. The zero-order valence-corrected chi connectivity index (χ0v) is 18.0. The summed E-state index contributed by atoms with van der Waals surface area (Å²) in [6, 6.07) is 7.18. The fourth-order valence-electron chi connectivity index (χ4n) is 5.12. The third kappa shape index (κ3) is 3.62. The maximum atomic E-state index is 11.2. The van der Waals surface area contributed by atoms with Gasteiger partial charge in [0, 0.05) is 5.92 Å². The second kappa shape index (κ2) is 7.39. The van der Waals surface area contributed by atoms with Crippen LogP contribution in [0.4, 0.5) is 0 Å². The summed E-state index contributed by atoms with van der Waals surface area (Å²) in [4.78, 5) is 11.2. The molecule has 0 amide bonds. The van der Waals surface area contributed by atoms with Crippen molar-refractivity contribution in [3.05, 3.63) is 65.3 Å². The molecule has 0 heterocycles. The zero-order valence-electron chi connectivity index (χ0n) is 18.0. The number of hydrogen-bond donors (Lipinski definition) is 1. The minimum atomic E-state index is -0.890. The standard InChI is InChI=1S/C26H34O2/c1-7-13-26(6)16-23-21(17(2)12-14-25(23,4)5)15-22(26)18(3)19-8-10-20(11-9-19)24(27)28/h8-11,15-17,22H,3,7,12-14H2,1-2,4-6H3,(H,27,28). The van der Waals surface area contributed by atoms with Crippen molar-refractivity contribution in [2.24, 2.45) is 22.7 Å². The third-order valence-corrected chi connectivity index (χ3v) is 6.97. The number of carbonyl (C=O) groups is 1. The number of rotatable bonds is 5. The second-order valence-electron chi connectivity index (χ2n) is 9.64. The Kier molecular flexibility index (Phi) is 5.44. The lowest BCUT2D eigenvalue weighted by molar-refractivity contribution is 0.0697. The van der Waals surface area contributed by atoms with E-state index < -0.39 is 5.97 Å². The normalized spacial score (nSPS) is 28.8. The van der Waals surface area contributed by atoms with E-state index in [0.717, 1.165) is 24.0 Å². The summed E-state index contributed by atoms with van der Waals surface area (Å²) in [7, 11) is 0. The summed E-state index contributed by atoms with van der Waals surface area (Å²) < 4.78 is 0. The van der Waals surface area contributed by atoms with Crippen molar-refractivity contribution in [3.8, 4) is 0 Å². The molecule has 3 rings (SSSR count). The van der Waals surface area contributed by atoms with Crippen LogP contribution in [-0.4, -0.2) is 11.1 Å². The van der Waals surface area contributed by atoms with E-state index in [-0.39, 0.29) is 16.7 Å². The highest BCUT2D eigenvalue weighted by Gasteiger charge is 2.42. The Morgan fingerprint density at radius 2 is 1.79 bits per heavy atom. The molecule has 2 aliphatic rings. The maximum Gasteiger partial charge on any atom is 0.335 e. The van der Waals surface area contributed by atoms with Crippen LogP contribution in [0.25, 0.3) is 5.57 Å². The van der Waals surface area contributed by atoms with E-state index in [9.17, 15) is 9.90 Å². The summed E-state index contributed by atoms with van der Waals surface area (Å²) in [5.41, 5.74) is 5.73. The number of carboxylic acid groups (broad SMARTS) is 1. The Morgan fingerprint density at radius 1 is 1.18 bits per heavy atom. The fourth-order valence-corrected chi connectivity index (χ4v) is 5.12. The molecule has 1 N–H and O–H groups in total. The molecule has 1 aromatic carbocycles. The minimum absolute atomic E-state index is 0.0322. The summed E-state index contributed by atoms with van der Waals surface area (Å²) >= 11 is 0. The highest BCUT2D eigenvalue weighted by molar-refractivity contribution is 5.88. The van der Waals surface area contributed by atoms with Gasteiger partial charge in [0.15, 0.2) is 0 Å². The van der Waals surface area contributed by atoms with Gasteiger partial charge in [-0.05, 0) is 70.4 Å². The van der Waals surface area contributed by atoms with Crippen LogP contribution in [0.5, 0.6) is 0 Å². The number of fused-ring (bicyclic) bond motifs is 1. The fraction of sp³-hybridized carbons (Fsp3) is 0.500. The van der Waals surface area contributed by atoms with Crippen LogP contribution in [0, 0.1) is 22.7 Å². The molecule has 0 aliphatic heterocycles. The Morgan fingerprint density at radius 3 is 2.36 bits per heavy atom. The molecule has 0 saturated heterocycles. The molecule has 0 spiro atoms. The second-order valence-corrected chi connectivity index (χ2v) is 9.64. The lowest BCUT2D eigenvalue weighted by Crippen LogP contribution is -2.35. The van der Waals surface area contributed by atoms with E-state index in [0.29, 0.717) is 11.5 Å². The molecule has 3 atom stereocenters. The highest BCUT2D eigenvalue weighted by atomic mass is 16.4. The van der Waals surface area contributed by atoms with Crippen molar-refractivity contribution in [1.82, 2.24) is 0 Å². The molecule has 1 fully saturated rings. The van der Waals surface area contributed by atoms with Gasteiger partial charge in [-0.25, -0.2) is 4.79 Å². The van der Waals surface area contributed by atoms with Gasteiger partial charge >= 0.3 is 5.97 Å². The summed E-state index contributed by atoms with van der Waals surface area (Å²) in [5, 5.41) is 9.18. The van der Waals surface area contributed by atoms with E-state index in [1.54, 1.807) is 12.1 Å². The monoisotopic (exact) mass is 378 g/mol. The number of aromatic carboxylic acids is 1. The van der Waals surface area contributed by atoms with Crippen molar-refractivity contribution in [2.75, 3.05) is 0 Å². The Balaban J connectivity index is 2.04. The van der Waals surface area contributed by atoms with Crippen LogP contribution in [-0.2, 0) is 0 Å². The van der Waals surface area contributed by atoms with E-state index >= 15 is 0 Å². The average Bonchev–Trinajstić information content (AvgIpc) is 2.64. The topological polar surface area (TPSA) is 37.3 Å². The maximum absolute atomic E-state index is 11.2. The van der Waals surface area contributed by atoms with Crippen molar-refractivity contribution < 1.29 is 9.90 Å². The van der Waals surface area contributed by atoms with Crippen LogP contribution in [0.1, 0.15) is 76.2 Å². The average molecular weight is 379 g/mol. The van der Waals surface area contributed by atoms with Crippen molar-refractivity contribution in [1.29, 1.82) is 0 Å². The first-order valence-electron chi connectivity index (χ1n) is 10.6. The summed E-state index contributed by atoms with van der Waals surface area (Å²) in [5.74, 6) is -0.0769. The van der Waals surface area contributed by atoms with E-state index in [2.05, 4.69) is 53.3 Å². The molecule has 3 unspecified atom stereocenters. The first-order valence-corrected chi connectivity index (χ1v) is 10.6. The van der Waals surface area contributed by atoms with Gasteiger partial charge in [-0.2, -0.15) is 0 Å². The molecule has 2 nitrogen and oxygen atoms in total. The molecular formula is C26H34O2. The molecule has 0 radical (unpaired) electrons. The Labute approximate surface area is 170 Å². The molecule has 28 heavy (non-hydrogen) atoms. The number of allylic oxidation sites excluding steroid dienone is 5. The SMILES string of the molecule is C=C(c1ccc(C(=O)O)cc1)C1C=C2C(=CC1(C)CCC)C(C)(C)CCC2C. The quantitative estimate of drug-likeness (QED) is 0.591. The lowest BCUT2D eigenvalue weighted by atomic mass is 9.57. The van der Waals surface area contributed by atoms with Gasteiger partial charge in [0.05, 0.1) is 5.56 Å². The van der Waals surface area contributed by atoms with Gasteiger partial charge in [-0.3, -0.25) is 0 Å². The van der Waals surface area contributed by atoms with Crippen molar-refractivity contribution >= 4 is 11.5 Å². The largest absolute Gasteiger partial charge is 0.478 e. The molecule has 2 aliphatic carbocycles. The van der Waals surface area contributed by atoms with Crippen LogP contribution in [0.3, 0.4) is 0 Å². The van der Waals surface area contributed by atoms with Crippen molar-refractivity contribution in [3.63, 3.8) is 0 Å². The van der Waals surface area contributed by atoms with E-state index in [1.807, 2.05) is 12.1 Å². The van der Waals surface area contributed by atoms with Gasteiger partial charge in [0.25, 0.3) is 0 Å². The highest BCUT2D eigenvalue weighted by Crippen LogP contribution is 2.55. The first-order chi connectivity index (χ1) is 13.1. The van der Waals surface area contributed by atoms with Gasteiger partial charge < -0.3 is 5.11 Å². The Bertz CT molecular complexity index is 838. The van der Waals surface area contributed by atoms with Crippen LogP contribution >= 0.6 is 0 Å². The molecule has 150 valence electrons. The summed E-state index contributed by atoms with van der Waals surface area (Å²) in [6.45, 7) is 16.2. The van der Waals surface area contributed by atoms with Crippen LogP contribution in [0.15, 0.2) is 54.1 Å². The third-order valence-electron chi connectivity index (χ3n) is 6.97. The molecule has 1 saturated carbocycles. The number of carboxylic acids is 1. The molecular weight excluding hydrogens is 344 g/mol. The van der Waals surface area contributed by atoms with E-state index in [1.165, 1.54) is 24.0 Å². The minimum Gasteiger partial charge on any atom is -0.478 e. The van der Waals surface area contributed by atoms with E-state index in [4.69, 9.17) is 0 Å². The predicted octanol–water partition coefficient (Wildman–Crippen LogP) is 7.14. The van der Waals surface area contributed by atoms with Gasteiger partial charge in [-0.15, -0.1) is 0 Å². The molecule has 1 aromatic rings. The molecule has 2 heteroatoms. The predicted molar refractivity (Wildman–Crippen MR) is 117 cm³/mol.